The van der Waals surface area contributed by atoms with Crippen molar-refractivity contribution in [3.63, 3.8) is 0 Å². The zero-order chi connectivity index (χ0) is 105. The molecule has 2 aromatic heterocycles. The monoisotopic (exact) mass is 2060 g/mol. The van der Waals surface area contributed by atoms with Gasteiger partial charge in [0, 0.05) is 60.2 Å². The minimum atomic E-state index is -3.08. The molecule has 1 fully saturated rings. The minimum Gasteiger partial charge on any atom is -0.423 e. The van der Waals surface area contributed by atoms with E-state index in [0.717, 1.165) is 167 Å². The number of benzene rings is 11. The molecule has 16 rings (SSSR count). The second kappa shape index (κ2) is 51.1. The Morgan fingerprint density at radius 2 is 0.724 bits per heavy atom. The summed E-state index contributed by atoms with van der Waals surface area (Å²) in [4.78, 5) is 22.9. The lowest BCUT2D eigenvalue weighted by atomic mass is 9.96. The summed E-state index contributed by atoms with van der Waals surface area (Å²) in [6, 6.07) is 86.2. The highest BCUT2D eigenvalue weighted by Gasteiger charge is 2.28. The number of morpholine rings is 1. The second-order valence-electron chi connectivity index (χ2n) is 39.3. The maximum absolute atomic E-state index is 12.1. The van der Waals surface area contributed by atoms with Crippen molar-refractivity contribution in [1.29, 1.82) is 0 Å². The predicted octanol–water partition coefficient (Wildman–Crippen LogP) is 20.2. The first-order chi connectivity index (χ1) is 68.9. The van der Waals surface area contributed by atoms with Gasteiger partial charge >= 0.3 is 5.63 Å². The van der Waals surface area contributed by atoms with E-state index >= 15 is 0 Å². The number of nitrogens with one attached hydrogen (secondary N) is 4. The molecule has 1 saturated heterocycles. The van der Waals surface area contributed by atoms with Gasteiger partial charge in [-0.25, -0.2) is 63.0 Å². The molecule has 24 nitrogen and oxygen atoms in total. The van der Waals surface area contributed by atoms with Crippen LogP contribution in [0.1, 0.15) is 200 Å². The van der Waals surface area contributed by atoms with Crippen molar-refractivity contribution >= 4 is 83.2 Å². The molecular formula is C116H141N11O13S5. The van der Waals surface area contributed by atoms with E-state index in [2.05, 4.69) is 167 Å². The number of aryl methyl sites for hydroxylation is 14. The topological polar surface area (TPSA) is 318 Å². The zero-order valence-corrected chi connectivity index (χ0v) is 90.6. The van der Waals surface area contributed by atoms with Crippen LogP contribution in [0.15, 0.2) is 293 Å². The molecule has 145 heavy (non-hydrogen) atoms. The van der Waals surface area contributed by atoms with Gasteiger partial charge in [-0.2, -0.15) is 0 Å². The molecule has 13 aromatic rings. The molecule has 11 aromatic carbocycles. The van der Waals surface area contributed by atoms with Crippen LogP contribution in [-0.2, 0) is 147 Å². The van der Waals surface area contributed by atoms with Crippen LogP contribution in [0.4, 0.5) is 11.4 Å². The summed E-state index contributed by atoms with van der Waals surface area (Å²) in [5.74, 6) is 2.16. The Morgan fingerprint density at radius 3 is 1.12 bits per heavy atom. The highest BCUT2D eigenvalue weighted by molar-refractivity contribution is 7.92. The standard InChI is InChI=1S/C26H37NO3S.C25H28N4O2S.C23H26N2O2S.C22H24O4S.C20H26N4O2S/c1-18(2)31(28,29)17-24-9-7-23(8-10-24)11-12-25-13-20(4)26(14-19(25)3)27-15-21(5)30-22(6)16-27;1-19(2)32(30,31)18-22-12-10-20(11-13-22)8-9-21-14-16-23(17-15-21)25-26-27-28-29(25)24-6-4-3-5-7-24;1-17(2)28(26,27)16-20-10-8-19(9-11-20)12-13-21-14-25-23(15-24-21)22-7-5-4-6-18(22)3;1-15(2)27(24,25)14-18-6-4-17(5-7-18)8-9-19-10-12-21-20(16(19)3)11-13-22(23)26-21;1-15(2)27(25,26)14-18-8-6-16(7-9-18)4-5-17-10-12-19(13-11-17)20-21-22-23-24(20)3/h7-10,13-14,18,21-22H,11-12,15-17H2,1-6H3;3-7,10-17,19,27-28H,8-9,18H2,1-2H3;4-11,14-15,17H,12-13,16H2,1-3H3;4-7,10-13,15H,8-9,14H2,1-3H3;6-13,15,22-23H,4-5,14H2,1-3H3/t21-,22+;;;;. The van der Waals surface area contributed by atoms with Crippen molar-refractivity contribution in [3.05, 3.63) is 401 Å². The van der Waals surface area contributed by atoms with E-state index in [4.69, 9.17) is 9.15 Å². The van der Waals surface area contributed by atoms with Crippen molar-refractivity contribution < 1.29 is 51.2 Å². The normalized spacial score (nSPS) is 14.5. The van der Waals surface area contributed by atoms with Gasteiger partial charge in [0.05, 0.1) is 90.5 Å². The summed E-state index contributed by atoms with van der Waals surface area (Å²) in [5.41, 5.74) is 39.3. The minimum absolute atomic E-state index is 0.0833. The maximum atomic E-state index is 12.1. The van der Waals surface area contributed by atoms with Crippen LogP contribution < -0.4 is 37.7 Å². The Kier molecular flexibility index (Phi) is 39.3. The highest BCUT2D eigenvalue weighted by Crippen LogP contribution is 2.32. The summed E-state index contributed by atoms with van der Waals surface area (Å²) in [6.45, 7) is 31.9. The molecule has 29 heteroatoms. The fourth-order valence-corrected chi connectivity index (χ4v) is 21.7. The van der Waals surface area contributed by atoms with E-state index in [1.807, 2.05) is 206 Å². The number of hydrazine groups is 4. The van der Waals surface area contributed by atoms with Crippen molar-refractivity contribution in [2.24, 2.45) is 10.2 Å². The van der Waals surface area contributed by atoms with Gasteiger partial charge in [-0.15, -0.1) is 21.3 Å². The quantitative estimate of drug-likeness (QED) is 0.0268. The lowest BCUT2D eigenvalue weighted by Crippen LogP contribution is -2.45. The van der Waals surface area contributed by atoms with E-state index < -0.39 is 49.2 Å². The van der Waals surface area contributed by atoms with Crippen LogP contribution >= 0.6 is 0 Å². The average Bonchev–Trinajstić information content (AvgIpc) is 1.29. The number of amidine groups is 2. The average molecular weight is 2060 g/mol. The van der Waals surface area contributed by atoms with Gasteiger partial charge in [0.1, 0.15) is 5.58 Å². The Labute approximate surface area is 859 Å². The first kappa shape index (κ1) is 111. The molecule has 768 valence electrons. The first-order valence-electron chi connectivity index (χ1n) is 49.7. The lowest BCUT2D eigenvalue weighted by molar-refractivity contribution is -0.00526. The van der Waals surface area contributed by atoms with Crippen LogP contribution in [0.3, 0.4) is 0 Å². The molecular weight excluding hydrogens is 1920 g/mol. The van der Waals surface area contributed by atoms with Gasteiger partial charge in [-0.3, -0.25) is 15.0 Å². The first-order valence-corrected chi connectivity index (χ1v) is 58.3. The second-order valence-corrected chi connectivity index (χ2v) is 52.0. The number of hydrogen-bond donors (Lipinski definition) is 4. The Morgan fingerprint density at radius 1 is 0.359 bits per heavy atom. The number of sulfone groups is 5. The van der Waals surface area contributed by atoms with Crippen molar-refractivity contribution in [2.45, 2.75) is 242 Å². The van der Waals surface area contributed by atoms with Crippen LogP contribution in [0, 0.1) is 27.7 Å². The predicted molar refractivity (Wildman–Crippen MR) is 591 cm³/mol. The molecule has 0 unspecified atom stereocenters. The number of nitrogens with zero attached hydrogens (tertiary/aromatic N) is 7. The highest BCUT2D eigenvalue weighted by atomic mass is 32.2. The van der Waals surface area contributed by atoms with Gasteiger partial charge in [0.25, 0.3) is 0 Å². The van der Waals surface area contributed by atoms with Gasteiger partial charge in [-0.05, 0) is 305 Å². The molecule has 4 N–H and O–H groups in total. The van der Waals surface area contributed by atoms with Crippen LogP contribution in [0.5, 0.6) is 0 Å². The fourth-order valence-electron chi connectivity index (χ4n) is 16.7. The summed E-state index contributed by atoms with van der Waals surface area (Å²) < 4.78 is 132. The van der Waals surface area contributed by atoms with Crippen molar-refractivity contribution in [1.82, 2.24) is 37.1 Å². The van der Waals surface area contributed by atoms with E-state index in [9.17, 15) is 46.9 Å². The van der Waals surface area contributed by atoms with E-state index in [1.165, 1.54) is 73.0 Å². The molecule has 5 heterocycles. The van der Waals surface area contributed by atoms with Gasteiger partial charge in [-0.1, -0.05) is 224 Å². The van der Waals surface area contributed by atoms with E-state index in [1.54, 1.807) is 69.2 Å². The molecule has 0 amide bonds. The molecule has 0 bridgehead atoms. The number of fused-ring (bicyclic) bond motifs is 1. The van der Waals surface area contributed by atoms with Crippen LogP contribution in [-0.4, -0.2) is 127 Å². The number of hydrazone groups is 2. The smallest absolute Gasteiger partial charge is 0.336 e. The molecule has 2 atom stereocenters. The van der Waals surface area contributed by atoms with Crippen LogP contribution in [0.2, 0.25) is 0 Å². The Balaban J connectivity index is 0.000000162. The maximum Gasteiger partial charge on any atom is 0.336 e. The van der Waals surface area contributed by atoms with Crippen molar-refractivity contribution in [2.75, 3.05) is 30.0 Å². The van der Waals surface area contributed by atoms with Gasteiger partial charge in [0.15, 0.2) is 60.9 Å². The summed E-state index contributed by atoms with van der Waals surface area (Å²) >= 11 is 0. The third kappa shape index (κ3) is 32.6. The number of para-hydroxylation sites is 1. The number of aromatic nitrogens is 2. The number of hydrogen-bond acceptors (Lipinski definition) is 24. The number of anilines is 2. The summed E-state index contributed by atoms with van der Waals surface area (Å²) in [6.07, 6.45) is 13.1. The Bertz CT molecular complexity index is 7210. The van der Waals surface area contributed by atoms with Gasteiger partial charge in [0.2, 0.25) is 0 Å². The molecule has 3 aliphatic heterocycles. The third-order valence-corrected chi connectivity index (χ3v) is 37.2. The third-order valence-electron chi connectivity index (χ3n) is 26.4. The lowest BCUT2D eigenvalue weighted by Gasteiger charge is -2.38. The number of rotatable bonds is 35. The van der Waals surface area contributed by atoms with E-state index in [0.29, 0.717) is 5.58 Å². The molecule has 0 saturated carbocycles. The number of ether oxygens (including phenoxy) is 1. The summed E-state index contributed by atoms with van der Waals surface area (Å²) in [5, 5.41) is 11.5. The SMILES string of the molecule is CC(C)S(=O)(=O)Cc1ccc(CCc2ccc(C3=NNNN3C)cc2)cc1.CC(C)S(=O)(=O)Cc1ccc(CCc2ccc(C3=NNNN3c3ccccc3)cc2)cc1.Cc1c(CCc2ccc(CS(=O)(=O)C(C)C)cc2)ccc2oc(=O)ccc12.Cc1cc(N2C[C@@H](C)O[C@@H](C)C2)c(C)cc1CCc1ccc(CS(=O)(=O)C(C)C)cc1.Cc1ccccc1-c1cnc(CCc2ccc(CS(=O)(=O)C(C)C)cc2)cn1. The molecule has 0 aliphatic carbocycles. The van der Waals surface area contributed by atoms with Gasteiger partial charge < -0.3 is 14.1 Å². The van der Waals surface area contributed by atoms with E-state index in [-0.39, 0.29) is 72.8 Å². The van der Waals surface area contributed by atoms with Crippen LogP contribution in [0.25, 0.3) is 22.2 Å². The molecule has 3 aliphatic rings. The zero-order valence-electron chi connectivity index (χ0n) is 86.5. The molecule has 0 radical (unpaired) electrons. The van der Waals surface area contributed by atoms with Crippen molar-refractivity contribution in [3.8, 4) is 11.3 Å². The summed E-state index contributed by atoms with van der Waals surface area (Å²) in [7, 11) is -13.4. The molecule has 0 spiro atoms. The Hall–Kier alpha value is -12.3. The largest absolute Gasteiger partial charge is 0.423 e. The fraction of sp³-hybridized carbons (Fsp3) is 0.353.